The molecule has 13 atom stereocenters. The Morgan fingerprint density at radius 1 is 0.905 bits per heavy atom. The van der Waals surface area contributed by atoms with Crippen molar-refractivity contribution < 1.29 is 58.4 Å². The topological polar surface area (TPSA) is 298 Å². The maximum atomic E-state index is 14.0. The van der Waals surface area contributed by atoms with Gasteiger partial charge in [-0.3, -0.25) is 38.9 Å². The van der Waals surface area contributed by atoms with Crippen LogP contribution in [-0.4, -0.2) is 128 Å². The molecule has 1 aliphatic heterocycles. The number of anilines is 1. The largest absolute Gasteiger partial charge is 0.481 e. The summed E-state index contributed by atoms with van der Waals surface area (Å²) in [5.74, 6) is -1.51. The molecule has 1 saturated heterocycles. The van der Waals surface area contributed by atoms with Gasteiger partial charge < -0.3 is 41.3 Å². The van der Waals surface area contributed by atoms with Crippen molar-refractivity contribution in [3.8, 4) is 0 Å². The smallest absolute Gasteiger partial charge is 0.303 e. The molecule has 74 heavy (non-hydrogen) atoms. The number of aliphatic hydroxyl groups excluding tert-OH is 2. The normalized spacial score (nSPS) is 30.1. The number of nitrogens with one attached hydrogen (secondary N) is 4. The van der Waals surface area contributed by atoms with Crippen molar-refractivity contribution in [1.82, 2.24) is 31.3 Å². The van der Waals surface area contributed by atoms with Gasteiger partial charge in [0, 0.05) is 51.4 Å². The summed E-state index contributed by atoms with van der Waals surface area (Å²) in [7, 11) is 0. The van der Waals surface area contributed by atoms with E-state index in [1.165, 1.54) is 12.1 Å². The van der Waals surface area contributed by atoms with E-state index in [9.17, 15) is 49.4 Å². The maximum Gasteiger partial charge on any atom is 0.303 e. The number of ether oxygens (including phenoxy) is 1. The maximum absolute atomic E-state index is 14.0. The molecule has 1 aromatic heterocycles. The zero-order valence-corrected chi connectivity index (χ0v) is 42.7. The molecule has 5 aliphatic rings. The first-order valence-electron chi connectivity index (χ1n) is 26.7. The molecular formula is C53H74N8O13. The Balaban J connectivity index is 0.733. The van der Waals surface area contributed by atoms with Gasteiger partial charge in [0.15, 0.2) is 5.52 Å². The zero-order valence-electron chi connectivity index (χ0n) is 42.7. The fourth-order valence-electron chi connectivity index (χ4n) is 13.9. The van der Waals surface area contributed by atoms with E-state index in [-0.39, 0.29) is 115 Å². The number of unbranched alkanes of at least 4 members (excludes halogenated alkanes) is 2. The molecule has 3 aromatic rings. The van der Waals surface area contributed by atoms with Crippen LogP contribution in [0.1, 0.15) is 116 Å². The summed E-state index contributed by atoms with van der Waals surface area (Å²) in [4.78, 5) is 81.2. The number of benzene rings is 2. The lowest BCUT2D eigenvalue weighted by atomic mass is 9.43. The van der Waals surface area contributed by atoms with Crippen LogP contribution >= 0.6 is 0 Å². The van der Waals surface area contributed by atoms with Crippen LogP contribution in [0.2, 0.25) is 0 Å². The van der Waals surface area contributed by atoms with Crippen molar-refractivity contribution in [3.05, 3.63) is 58.1 Å². The molecule has 4 aliphatic carbocycles. The Morgan fingerprint density at radius 3 is 2.46 bits per heavy atom. The molecule has 4 saturated carbocycles. The number of carbonyl (C=O) groups excluding carboxylic acids is 4. The fraction of sp³-hybridized carbons (Fsp3) is 0.679. The van der Waals surface area contributed by atoms with Crippen molar-refractivity contribution in [3.63, 3.8) is 0 Å². The van der Waals surface area contributed by atoms with Gasteiger partial charge in [0.2, 0.25) is 23.2 Å². The van der Waals surface area contributed by atoms with Crippen LogP contribution < -0.4 is 21.3 Å². The lowest BCUT2D eigenvalue weighted by molar-refractivity contribution is -0.383. The number of nitrogens with zero attached hydrogens (tertiary/aromatic N) is 4. The SMILES string of the molecule is CC(CCC(=O)O)C1CC[C@H]2[C@@H]3[C@H](O)C[C@@H]4C[C@@H](OCCCCCNC(=O)CNC(=O)[C@@H]5CCON5C(=O)[C@H](Cc5ccccc5)NC(=O)CCNc5ccc([N+](=O)[O-])c6nonc56)CC[C@]4(C)[C@H]3C[C@H](O)[C@]12C. The molecule has 21 heteroatoms. The molecule has 21 nitrogen and oxygen atoms in total. The first kappa shape index (κ1) is 54.5. The van der Waals surface area contributed by atoms with Crippen LogP contribution in [0.3, 0.4) is 0 Å². The van der Waals surface area contributed by atoms with Gasteiger partial charge in [0.25, 0.3) is 5.91 Å². The second kappa shape index (κ2) is 23.8. The molecule has 5 fully saturated rings. The number of carbonyl (C=O) groups is 5. The Hall–Kier alpha value is -5.77. The van der Waals surface area contributed by atoms with Crippen LogP contribution in [0.4, 0.5) is 11.4 Å². The number of hydrogen-bond donors (Lipinski definition) is 7. The van der Waals surface area contributed by atoms with Crippen LogP contribution in [0.25, 0.3) is 11.0 Å². The number of hydrogen-bond acceptors (Lipinski definition) is 15. The van der Waals surface area contributed by atoms with Gasteiger partial charge >= 0.3 is 11.7 Å². The number of hydroxylamine groups is 2. The third-order valence-corrected chi connectivity index (χ3v) is 17.8. The average molecular weight is 1030 g/mol. The lowest BCUT2D eigenvalue weighted by Crippen LogP contribution is -2.62. The third-order valence-electron chi connectivity index (χ3n) is 17.8. The zero-order chi connectivity index (χ0) is 52.7. The number of non-ortho nitro benzene ring substituents is 1. The number of carboxylic acid groups (broad SMARTS) is 1. The molecule has 8 rings (SSSR count). The molecule has 2 aromatic carbocycles. The van der Waals surface area contributed by atoms with Crippen molar-refractivity contribution >= 4 is 52.0 Å². The van der Waals surface area contributed by atoms with Gasteiger partial charge in [0.05, 0.1) is 42.1 Å². The van der Waals surface area contributed by atoms with Crippen molar-refractivity contribution in [2.45, 2.75) is 147 Å². The highest BCUT2D eigenvalue weighted by atomic mass is 16.7. The summed E-state index contributed by atoms with van der Waals surface area (Å²) in [6.07, 6.45) is 8.66. The minimum absolute atomic E-state index is 0.0122. The molecule has 0 spiro atoms. The van der Waals surface area contributed by atoms with Gasteiger partial charge in [-0.2, -0.15) is 0 Å². The Bertz CT molecular complexity index is 2480. The van der Waals surface area contributed by atoms with E-state index in [1.54, 1.807) is 12.1 Å². The van der Waals surface area contributed by atoms with Crippen molar-refractivity contribution in [2.75, 3.05) is 38.2 Å². The molecule has 0 bridgehead atoms. The molecule has 4 amide bonds. The number of aromatic nitrogens is 2. The third kappa shape index (κ3) is 11.8. The Labute approximate surface area is 430 Å². The number of aliphatic carboxylic acids is 1. The minimum Gasteiger partial charge on any atom is -0.481 e. The summed E-state index contributed by atoms with van der Waals surface area (Å²) in [6.45, 7) is 7.59. The number of fused-ring (bicyclic) bond motifs is 6. The monoisotopic (exact) mass is 1030 g/mol. The number of carboxylic acids is 1. The van der Waals surface area contributed by atoms with Gasteiger partial charge in [-0.05, 0) is 139 Å². The van der Waals surface area contributed by atoms with E-state index in [0.29, 0.717) is 44.0 Å². The second-order valence-corrected chi connectivity index (χ2v) is 22.0. The molecule has 7 N–H and O–H groups in total. The van der Waals surface area contributed by atoms with E-state index < -0.39 is 52.9 Å². The molecular weight excluding hydrogens is 957 g/mol. The fourth-order valence-corrected chi connectivity index (χ4v) is 13.9. The van der Waals surface area contributed by atoms with E-state index in [0.717, 1.165) is 62.0 Å². The number of rotatable bonds is 23. The van der Waals surface area contributed by atoms with Crippen LogP contribution in [0.5, 0.6) is 0 Å². The minimum atomic E-state index is -1.10. The number of nitro benzene ring substituents is 1. The second-order valence-electron chi connectivity index (χ2n) is 22.0. The first-order chi connectivity index (χ1) is 35.5. The Kier molecular flexibility index (Phi) is 17.6. The summed E-state index contributed by atoms with van der Waals surface area (Å²) in [5.41, 5.74) is 0.626. The van der Waals surface area contributed by atoms with Crippen LogP contribution in [-0.2, 0) is 40.0 Å². The highest BCUT2D eigenvalue weighted by Crippen LogP contribution is 2.68. The van der Waals surface area contributed by atoms with Crippen molar-refractivity contribution in [2.24, 2.45) is 46.3 Å². The molecule has 404 valence electrons. The van der Waals surface area contributed by atoms with E-state index >= 15 is 0 Å². The van der Waals surface area contributed by atoms with Gasteiger partial charge in [-0.15, -0.1) is 0 Å². The summed E-state index contributed by atoms with van der Waals surface area (Å²) >= 11 is 0. The standard InChI is InChI=1S/C53H74N8O13/c1-31(12-17-46(66)67)35-13-14-36-47-37(29-43(63)53(35,36)3)52(2)21-18-34(27-33(52)28-42(47)62)72-24-9-5-8-22-55-45(65)30-56-50(68)41-20-25-73-60(41)51(69)39(26-32-10-6-4-7-11-32)57-44(64)19-23-54-38-15-16-40(61(70)71)49-48(38)58-74-59-49/h4,6-7,10-11,15-16,31,33-37,39,41-43,47,54,62-63H,5,8-9,12-14,17-30H2,1-3H3,(H,55,65)(H,56,68)(H,57,64)(H,66,67)/t31?,33-,34-,35?,36-,37-,39-,41-,42+,43-,47-,52-,53+/m0/s1. The van der Waals surface area contributed by atoms with E-state index in [4.69, 9.17) is 14.2 Å². The summed E-state index contributed by atoms with van der Waals surface area (Å²) in [5, 5.41) is 64.0. The number of amides is 4. The van der Waals surface area contributed by atoms with Crippen molar-refractivity contribution in [1.29, 1.82) is 0 Å². The quantitative estimate of drug-likeness (QED) is 0.0370. The molecule has 2 unspecified atom stereocenters. The molecule has 2 heterocycles. The van der Waals surface area contributed by atoms with Crippen LogP contribution in [0, 0.1) is 56.5 Å². The van der Waals surface area contributed by atoms with Gasteiger partial charge in [-0.25, -0.2) is 9.69 Å². The predicted octanol–water partition coefficient (Wildman–Crippen LogP) is 5.08. The predicted molar refractivity (Wildman–Crippen MR) is 268 cm³/mol. The van der Waals surface area contributed by atoms with Gasteiger partial charge in [0.1, 0.15) is 12.1 Å². The summed E-state index contributed by atoms with van der Waals surface area (Å²) in [6, 6.07) is 9.62. The highest BCUT2D eigenvalue weighted by molar-refractivity contribution is 5.94. The van der Waals surface area contributed by atoms with Crippen LogP contribution in [0.15, 0.2) is 47.1 Å². The Morgan fingerprint density at radius 2 is 1.69 bits per heavy atom. The molecule has 0 radical (unpaired) electrons. The number of aliphatic hydroxyl groups is 2. The van der Waals surface area contributed by atoms with E-state index in [2.05, 4.69) is 52.4 Å². The average Bonchev–Trinajstić information content (AvgIpc) is 4.16. The first-order valence-corrected chi connectivity index (χ1v) is 26.7. The highest BCUT2D eigenvalue weighted by Gasteiger charge is 2.66. The lowest BCUT2D eigenvalue weighted by Gasteiger charge is -2.63. The summed E-state index contributed by atoms with van der Waals surface area (Å²) < 4.78 is 11.1. The van der Waals surface area contributed by atoms with Gasteiger partial charge in [-0.1, -0.05) is 51.1 Å². The number of nitro groups is 1. The van der Waals surface area contributed by atoms with E-state index in [1.807, 2.05) is 18.2 Å².